The van der Waals surface area contributed by atoms with E-state index in [2.05, 4.69) is 36.4 Å². The van der Waals surface area contributed by atoms with Crippen LogP contribution in [-0.2, 0) is 0 Å². The van der Waals surface area contributed by atoms with Crippen LogP contribution in [0.15, 0.2) is 27.8 Å². The van der Waals surface area contributed by atoms with E-state index in [0.717, 1.165) is 21.4 Å². The first-order valence-corrected chi connectivity index (χ1v) is 7.35. The summed E-state index contributed by atoms with van der Waals surface area (Å²) in [6, 6.07) is 5.56. The molecule has 0 saturated carbocycles. The van der Waals surface area contributed by atoms with Crippen LogP contribution in [0.2, 0.25) is 0 Å². The van der Waals surface area contributed by atoms with Crippen LogP contribution in [-0.4, -0.2) is 30.4 Å². The van der Waals surface area contributed by atoms with Crippen LogP contribution in [0.25, 0.3) is 0 Å². The summed E-state index contributed by atoms with van der Waals surface area (Å²) >= 11 is 3.48. The maximum atomic E-state index is 5.28. The molecule has 1 heterocycles. The van der Waals surface area contributed by atoms with Crippen molar-refractivity contribution >= 4 is 28.1 Å². The summed E-state index contributed by atoms with van der Waals surface area (Å²) < 4.78 is 11.4. The monoisotopic (exact) mass is 364 g/mol. The van der Waals surface area contributed by atoms with E-state index in [1.54, 1.807) is 20.4 Å². The maximum Gasteiger partial charge on any atom is 0.243 e. The number of hydrazone groups is 1. The van der Waals surface area contributed by atoms with E-state index < -0.39 is 0 Å². The van der Waals surface area contributed by atoms with Crippen LogP contribution in [0, 0.1) is 13.8 Å². The van der Waals surface area contributed by atoms with Crippen molar-refractivity contribution in [3.8, 4) is 11.5 Å². The highest BCUT2D eigenvalue weighted by Crippen LogP contribution is 2.32. The number of anilines is 1. The van der Waals surface area contributed by atoms with Gasteiger partial charge in [-0.1, -0.05) is 0 Å². The van der Waals surface area contributed by atoms with Crippen LogP contribution in [0.4, 0.5) is 5.95 Å². The number of hydrogen-bond donors (Lipinski definition) is 1. The van der Waals surface area contributed by atoms with E-state index in [1.807, 2.05) is 32.0 Å². The second kappa shape index (κ2) is 7.22. The van der Waals surface area contributed by atoms with Crippen molar-refractivity contribution in [1.82, 2.24) is 9.97 Å². The molecule has 0 radical (unpaired) electrons. The fourth-order valence-electron chi connectivity index (χ4n) is 1.90. The number of nitrogens with one attached hydrogen (secondary N) is 1. The molecule has 0 amide bonds. The number of aryl methyl sites for hydroxylation is 2. The fourth-order valence-corrected chi connectivity index (χ4v) is 2.33. The number of ether oxygens (including phenoxy) is 2. The maximum absolute atomic E-state index is 5.28. The summed E-state index contributed by atoms with van der Waals surface area (Å²) in [5, 5.41) is 4.16. The molecular weight excluding hydrogens is 348 g/mol. The third-order valence-corrected chi connectivity index (χ3v) is 3.54. The van der Waals surface area contributed by atoms with Crippen molar-refractivity contribution in [3.05, 3.63) is 39.6 Å². The first-order chi connectivity index (χ1) is 10.5. The summed E-state index contributed by atoms with van der Waals surface area (Å²) in [5.41, 5.74) is 5.44. The van der Waals surface area contributed by atoms with Gasteiger partial charge in [0.25, 0.3) is 0 Å². The number of methoxy groups -OCH3 is 2. The van der Waals surface area contributed by atoms with Gasteiger partial charge in [-0.15, -0.1) is 0 Å². The predicted octanol–water partition coefficient (Wildman–Crippen LogP) is 3.32. The van der Waals surface area contributed by atoms with Gasteiger partial charge in [0.05, 0.1) is 20.4 Å². The minimum absolute atomic E-state index is 0.463. The Morgan fingerprint density at radius 2 is 1.64 bits per heavy atom. The van der Waals surface area contributed by atoms with Crippen LogP contribution in [0.5, 0.6) is 11.5 Å². The van der Waals surface area contributed by atoms with Gasteiger partial charge in [0.2, 0.25) is 5.95 Å². The second-order valence-electron chi connectivity index (χ2n) is 4.57. The van der Waals surface area contributed by atoms with Gasteiger partial charge in [-0.05, 0) is 48.0 Å². The zero-order chi connectivity index (χ0) is 16.1. The lowest BCUT2D eigenvalue weighted by atomic mass is 10.2. The average molecular weight is 365 g/mol. The standard InChI is InChI=1S/C15H17BrN4O2/c1-9-5-10(2)19-15(18-9)20-17-8-11-6-13(21-3)14(22-4)7-12(11)16/h5-8H,1-4H3,(H,18,19,20)/b17-8-. The molecule has 2 rings (SSSR count). The van der Waals surface area contributed by atoms with Crippen molar-refractivity contribution < 1.29 is 9.47 Å². The van der Waals surface area contributed by atoms with E-state index >= 15 is 0 Å². The number of benzene rings is 1. The van der Waals surface area contributed by atoms with E-state index in [0.29, 0.717) is 17.4 Å². The Hall–Kier alpha value is -2.15. The first kappa shape index (κ1) is 16.2. The highest BCUT2D eigenvalue weighted by Gasteiger charge is 2.08. The van der Waals surface area contributed by atoms with Gasteiger partial charge in [0.1, 0.15) is 0 Å². The fraction of sp³-hybridized carbons (Fsp3) is 0.267. The number of hydrogen-bond acceptors (Lipinski definition) is 6. The molecule has 1 aromatic carbocycles. The Kier molecular flexibility index (Phi) is 5.32. The van der Waals surface area contributed by atoms with E-state index in [1.165, 1.54) is 0 Å². The smallest absolute Gasteiger partial charge is 0.243 e. The molecule has 0 aliphatic rings. The predicted molar refractivity (Wildman–Crippen MR) is 90.0 cm³/mol. The number of nitrogens with zero attached hydrogens (tertiary/aromatic N) is 3. The second-order valence-corrected chi connectivity index (χ2v) is 5.43. The van der Waals surface area contributed by atoms with Crippen molar-refractivity contribution in [2.45, 2.75) is 13.8 Å². The highest BCUT2D eigenvalue weighted by atomic mass is 79.9. The lowest BCUT2D eigenvalue weighted by molar-refractivity contribution is 0.354. The summed E-state index contributed by atoms with van der Waals surface area (Å²) in [5.74, 6) is 1.75. The largest absolute Gasteiger partial charge is 0.493 e. The summed E-state index contributed by atoms with van der Waals surface area (Å²) in [4.78, 5) is 8.51. The van der Waals surface area contributed by atoms with Crippen molar-refractivity contribution in [1.29, 1.82) is 0 Å². The number of halogens is 1. The van der Waals surface area contributed by atoms with Gasteiger partial charge in [-0.25, -0.2) is 15.4 Å². The lowest BCUT2D eigenvalue weighted by Crippen LogP contribution is -2.00. The van der Waals surface area contributed by atoms with E-state index in [-0.39, 0.29) is 0 Å². The molecule has 7 heteroatoms. The Bertz CT molecular complexity index is 684. The molecule has 0 aliphatic heterocycles. The van der Waals surface area contributed by atoms with Gasteiger partial charge in [0, 0.05) is 21.4 Å². The van der Waals surface area contributed by atoms with Gasteiger partial charge in [-0.3, -0.25) is 0 Å². The summed E-state index contributed by atoms with van der Waals surface area (Å²) in [6.45, 7) is 3.82. The SMILES string of the molecule is COc1cc(Br)c(/C=N\Nc2nc(C)cc(C)n2)cc1OC. The van der Waals surface area contributed by atoms with Crippen LogP contribution in [0.3, 0.4) is 0 Å². The van der Waals surface area contributed by atoms with Gasteiger partial charge in [-0.2, -0.15) is 5.10 Å². The van der Waals surface area contributed by atoms with Crippen LogP contribution >= 0.6 is 15.9 Å². The molecule has 0 bridgehead atoms. The zero-order valence-electron chi connectivity index (χ0n) is 12.8. The number of rotatable bonds is 5. The summed E-state index contributed by atoms with van der Waals surface area (Å²) in [6.07, 6.45) is 1.66. The molecule has 0 unspecified atom stereocenters. The Labute approximate surface area is 137 Å². The molecule has 0 spiro atoms. The van der Waals surface area contributed by atoms with Gasteiger partial charge in [0.15, 0.2) is 11.5 Å². The van der Waals surface area contributed by atoms with Crippen molar-refractivity contribution in [2.24, 2.45) is 5.10 Å². The number of aromatic nitrogens is 2. The van der Waals surface area contributed by atoms with Gasteiger partial charge >= 0.3 is 0 Å². The molecule has 116 valence electrons. The highest BCUT2D eigenvalue weighted by molar-refractivity contribution is 9.10. The van der Waals surface area contributed by atoms with Crippen molar-refractivity contribution in [3.63, 3.8) is 0 Å². The third-order valence-electron chi connectivity index (χ3n) is 2.85. The Morgan fingerprint density at radius 1 is 1.05 bits per heavy atom. The average Bonchev–Trinajstić information content (AvgIpc) is 2.47. The molecule has 1 aromatic heterocycles. The molecule has 0 aliphatic carbocycles. The van der Waals surface area contributed by atoms with Crippen LogP contribution in [0.1, 0.15) is 17.0 Å². The molecule has 2 aromatic rings. The molecule has 22 heavy (non-hydrogen) atoms. The topological polar surface area (TPSA) is 68.6 Å². The molecule has 1 N–H and O–H groups in total. The van der Waals surface area contributed by atoms with Crippen LogP contribution < -0.4 is 14.9 Å². The molecule has 0 fully saturated rings. The quantitative estimate of drug-likeness (QED) is 0.650. The Morgan fingerprint density at radius 3 is 2.23 bits per heavy atom. The normalized spacial score (nSPS) is 10.8. The first-order valence-electron chi connectivity index (χ1n) is 6.56. The zero-order valence-corrected chi connectivity index (χ0v) is 14.4. The molecule has 0 saturated heterocycles. The molecule has 6 nitrogen and oxygen atoms in total. The van der Waals surface area contributed by atoms with Gasteiger partial charge < -0.3 is 9.47 Å². The third kappa shape index (κ3) is 3.94. The van der Waals surface area contributed by atoms with E-state index in [4.69, 9.17) is 9.47 Å². The minimum Gasteiger partial charge on any atom is -0.493 e. The van der Waals surface area contributed by atoms with E-state index in [9.17, 15) is 0 Å². The minimum atomic E-state index is 0.463. The van der Waals surface area contributed by atoms with Crippen molar-refractivity contribution in [2.75, 3.05) is 19.6 Å². The lowest BCUT2D eigenvalue weighted by Gasteiger charge is -2.09. The molecular formula is C15H17BrN4O2. The molecule has 0 atom stereocenters. The Balaban J connectivity index is 2.19. The summed E-state index contributed by atoms with van der Waals surface area (Å²) in [7, 11) is 3.19.